The molecule has 5 heteroatoms. The molecule has 1 aliphatic heterocycles. The molecule has 2 N–H and O–H groups in total. The average Bonchev–Trinajstić information content (AvgIpc) is 2.51. The van der Waals surface area contributed by atoms with Gasteiger partial charge in [-0.05, 0) is 49.8 Å². The second-order valence-electron chi connectivity index (χ2n) is 6.54. The lowest BCUT2D eigenvalue weighted by atomic mass is 9.95. The van der Waals surface area contributed by atoms with Crippen molar-refractivity contribution >= 4 is 17.6 Å². The molecule has 1 aliphatic rings. The Morgan fingerprint density at radius 2 is 1.87 bits per heavy atom. The van der Waals surface area contributed by atoms with Gasteiger partial charge in [0.2, 0.25) is 5.91 Å². The van der Waals surface area contributed by atoms with Crippen molar-refractivity contribution in [3.63, 3.8) is 0 Å². The Kier molecular flexibility index (Phi) is 6.02. The van der Waals surface area contributed by atoms with Crippen molar-refractivity contribution in [3.05, 3.63) is 29.8 Å². The van der Waals surface area contributed by atoms with Crippen LogP contribution in [0.4, 0.5) is 10.5 Å². The second kappa shape index (κ2) is 7.99. The lowest BCUT2D eigenvalue weighted by Crippen LogP contribution is -2.49. The average molecular weight is 317 g/mol. The normalized spacial score (nSPS) is 20.9. The summed E-state index contributed by atoms with van der Waals surface area (Å²) in [5.41, 5.74) is 1.93. The van der Waals surface area contributed by atoms with Gasteiger partial charge in [0.05, 0.1) is 0 Å². The molecule has 1 heterocycles. The molecule has 3 amide bonds. The zero-order chi connectivity index (χ0) is 16.8. The molecule has 126 valence electrons. The Labute approximate surface area is 138 Å². The highest BCUT2D eigenvalue weighted by Crippen LogP contribution is 2.21. The van der Waals surface area contributed by atoms with Crippen molar-refractivity contribution in [3.8, 4) is 0 Å². The van der Waals surface area contributed by atoms with Gasteiger partial charge in [-0.2, -0.15) is 0 Å². The summed E-state index contributed by atoms with van der Waals surface area (Å²) in [4.78, 5) is 25.2. The third-order valence-electron chi connectivity index (χ3n) is 4.34. The Morgan fingerprint density at radius 3 is 2.52 bits per heavy atom. The maximum absolute atomic E-state index is 12.3. The molecule has 2 unspecified atom stereocenters. The summed E-state index contributed by atoms with van der Waals surface area (Å²) in [5.74, 6) is 0.508. The summed E-state index contributed by atoms with van der Waals surface area (Å²) < 4.78 is 0. The molecule has 0 radical (unpaired) electrons. The van der Waals surface area contributed by atoms with Crippen LogP contribution in [0, 0.1) is 5.92 Å². The van der Waals surface area contributed by atoms with E-state index in [2.05, 4.69) is 24.5 Å². The molecule has 1 aromatic carbocycles. The molecule has 0 spiro atoms. The third-order valence-corrected chi connectivity index (χ3v) is 4.34. The first-order chi connectivity index (χ1) is 11.0. The molecule has 1 fully saturated rings. The number of rotatable bonds is 4. The highest BCUT2D eigenvalue weighted by Gasteiger charge is 2.26. The van der Waals surface area contributed by atoms with Crippen molar-refractivity contribution in [1.82, 2.24) is 10.2 Å². The van der Waals surface area contributed by atoms with Crippen LogP contribution in [0.2, 0.25) is 0 Å². The van der Waals surface area contributed by atoms with Gasteiger partial charge in [-0.3, -0.25) is 4.79 Å². The number of carbonyl (C=O) groups is 2. The van der Waals surface area contributed by atoms with Crippen molar-refractivity contribution in [1.29, 1.82) is 0 Å². The summed E-state index contributed by atoms with van der Waals surface area (Å²) in [6.07, 6.45) is 3.06. The lowest BCUT2D eigenvalue weighted by Gasteiger charge is -2.36. The predicted molar refractivity (Wildman–Crippen MR) is 92.4 cm³/mol. The van der Waals surface area contributed by atoms with Gasteiger partial charge in [-0.15, -0.1) is 0 Å². The van der Waals surface area contributed by atoms with Gasteiger partial charge in [0, 0.05) is 31.7 Å². The summed E-state index contributed by atoms with van der Waals surface area (Å²) in [5, 5.41) is 5.76. The van der Waals surface area contributed by atoms with E-state index in [0.29, 0.717) is 18.5 Å². The summed E-state index contributed by atoms with van der Waals surface area (Å²) >= 11 is 0. The molecule has 23 heavy (non-hydrogen) atoms. The van der Waals surface area contributed by atoms with Crippen LogP contribution in [-0.4, -0.2) is 36.0 Å². The van der Waals surface area contributed by atoms with E-state index in [1.807, 2.05) is 29.2 Å². The zero-order valence-electron chi connectivity index (χ0n) is 14.3. The number of anilines is 1. The molecule has 2 rings (SSSR count). The van der Waals surface area contributed by atoms with Crippen LogP contribution >= 0.6 is 0 Å². The highest BCUT2D eigenvalue weighted by atomic mass is 16.2. The van der Waals surface area contributed by atoms with Gasteiger partial charge in [-0.25, -0.2) is 4.79 Å². The maximum atomic E-state index is 12.3. The van der Waals surface area contributed by atoms with Crippen LogP contribution in [0.1, 0.15) is 39.2 Å². The summed E-state index contributed by atoms with van der Waals surface area (Å²) in [7, 11) is 0. The van der Waals surface area contributed by atoms with E-state index in [1.54, 1.807) is 0 Å². The van der Waals surface area contributed by atoms with Crippen LogP contribution in [0.25, 0.3) is 0 Å². The standard InChI is InChI=1S/C18H27N3O2/c1-13-4-5-14(2)21(12-13)18(23)19-11-10-16-6-8-17(9-7-16)20-15(3)22/h6-9,13-14H,4-5,10-12H2,1-3H3,(H,19,23)(H,20,22). The second-order valence-corrected chi connectivity index (χ2v) is 6.54. The van der Waals surface area contributed by atoms with Gasteiger partial charge in [0.1, 0.15) is 0 Å². The van der Waals surface area contributed by atoms with Crippen LogP contribution in [0.5, 0.6) is 0 Å². The van der Waals surface area contributed by atoms with Crippen LogP contribution in [0.15, 0.2) is 24.3 Å². The third kappa shape index (κ3) is 5.27. The quantitative estimate of drug-likeness (QED) is 0.896. The molecule has 2 atom stereocenters. The van der Waals surface area contributed by atoms with E-state index in [9.17, 15) is 9.59 Å². The van der Waals surface area contributed by atoms with Crippen molar-refractivity contribution < 1.29 is 9.59 Å². The number of likely N-dealkylation sites (tertiary alicyclic amines) is 1. The number of urea groups is 1. The number of carbonyl (C=O) groups excluding carboxylic acids is 2. The van der Waals surface area contributed by atoms with E-state index >= 15 is 0 Å². The van der Waals surface area contributed by atoms with E-state index in [1.165, 1.54) is 13.3 Å². The SMILES string of the molecule is CC(=O)Nc1ccc(CCNC(=O)N2CC(C)CCC2C)cc1. The predicted octanol–water partition coefficient (Wildman–Crippen LogP) is 3.02. The Morgan fingerprint density at radius 1 is 1.17 bits per heavy atom. The molecule has 1 saturated heterocycles. The minimum atomic E-state index is -0.0742. The molecule has 0 saturated carbocycles. The largest absolute Gasteiger partial charge is 0.338 e. The molecule has 0 aromatic heterocycles. The first-order valence-corrected chi connectivity index (χ1v) is 8.36. The summed E-state index contributed by atoms with van der Waals surface area (Å²) in [6, 6.07) is 8.08. The number of hydrogen-bond acceptors (Lipinski definition) is 2. The zero-order valence-corrected chi connectivity index (χ0v) is 14.3. The van der Waals surface area contributed by atoms with Gasteiger partial charge >= 0.3 is 6.03 Å². The number of piperidine rings is 1. The van der Waals surface area contributed by atoms with Crippen LogP contribution in [-0.2, 0) is 11.2 Å². The fourth-order valence-corrected chi connectivity index (χ4v) is 2.94. The topological polar surface area (TPSA) is 61.4 Å². The minimum Gasteiger partial charge on any atom is -0.338 e. The van der Waals surface area contributed by atoms with E-state index in [-0.39, 0.29) is 11.9 Å². The number of nitrogens with one attached hydrogen (secondary N) is 2. The molecule has 0 aliphatic carbocycles. The Hall–Kier alpha value is -2.04. The van der Waals surface area contributed by atoms with Crippen LogP contribution < -0.4 is 10.6 Å². The maximum Gasteiger partial charge on any atom is 0.317 e. The Bertz CT molecular complexity index is 542. The van der Waals surface area contributed by atoms with Crippen LogP contribution in [0.3, 0.4) is 0 Å². The van der Waals surface area contributed by atoms with Crippen molar-refractivity contribution in [2.75, 3.05) is 18.4 Å². The number of hydrogen-bond donors (Lipinski definition) is 2. The first-order valence-electron chi connectivity index (χ1n) is 8.36. The van der Waals surface area contributed by atoms with E-state index < -0.39 is 0 Å². The summed E-state index contributed by atoms with van der Waals surface area (Å²) in [6.45, 7) is 7.27. The smallest absolute Gasteiger partial charge is 0.317 e. The van der Waals surface area contributed by atoms with Gasteiger partial charge < -0.3 is 15.5 Å². The van der Waals surface area contributed by atoms with E-state index in [0.717, 1.165) is 30.6 Å². The van der Waals surface area contributed by atoms with Crippen molar-refractivity contribution in [2.45, 2.75) is 46.1 Å². The molecule has 5 nitrogen and oxygen atoms in total. The lowest BCUT2D eigenvalue weighted by molar-refractivity contribution is -0.114. The monoisotopic (exact) mass is 317 g/mol. The van der Waals surface area contributed by atoms with Gasteiger partial charge in [-0.1, -0.05) is 19.1 Å². The minimum absolute atomic E-state index is 0.0407. The van der Waals surface area contributed by atoms with Gasteiger partial charge in [0.25, 0.3) is 0 Å². The Balaban J connectivity index is 1.77. The number of nitrogens with zero attached hydrogens (tertiary/aromatic N) is 1. The molecular weight excluding hydrogens is 290 g/mol. The first kappa shape index (κ1) is 17.3. The fraction of sp³-hybridized carbons (Fsp3) is 0.556. The molecular formula is C18H27N3O2. The molecule has 1 aromatic rings. The van der Waals surface area contributed by atoms with Crippen molar-refractivity contribution in [2.24, 2.45) is 5.92 Å². The fourth-order valence-electron chi connectivity index (χ4n) is 2.94. The highest BCUT2D eigenvalue weighted by molar-refractivity contribution is 5.88. The number of amides is 3. The van der Waals surface area contributed by atoms with Gasteiger partial charge in [0.15, 0.2) is 0 Å². The number of benzene rings is 1. The molecule has 0 bridgehead atoms. The van der Waals surface area contributed by atoms with E-state index in [4.69, 9.17) is 0 Å².